The quantitative estimate of drug-likeness (QED) is 0.781. The van der Waals surface area contributed by atoms with Gasteiger partial charge in [0.1, 0.15) is 11.2 Å². The topological polar surface area (TPSA) is 55.8 Å². The van der Waals surface area contributed by atoms with Crippen LogP contribution in [0.25, 0.3) is 0 Å². The molecule has 0 bridgehead atoms. The van der Waals surface area contributed by atoms with Crippen molar-refractivity contribution < 1.29 is 19.4 Å². The van der Waals surface area contributed by atoms with E-state index in [2.05, 4.69) is 0 Å². The number of carboxylic acids is 1. The number of carboxylic acid groups (broad SMARTS) is 1. The third-order valence-corrected chi connectivity index (χ3v) is 2.62. The number of hydrogen-bond donors (Lipinski definition) is 1. The molecule has 1 N–H and O–H groups in total. The SMILES string of the molecule is COc1c(C(=O)O)ccc2c1OC(C)(C)C2.[LiH]. The van der Waals surface area contributed by atoms with Gasteiger partial charge in [0, 0.05) is 12.0 Å². The molecule has 0 amide bonds. The summed E-state index contributed by atoms with van der Waals surface area (Å²) in [6, 6.07) is 3.35. The zero-order valence-corrected chi connectivity index (χ0v) is 9.53. The van der Waals surface area contributed by atoms with Crippen LogP contribution in [0.15, 0.2) is 12.1 Å². The third kappa shape index (κ3) is 2.43. The zero-order valence-electron chi connectivity index (χ0n) is 9.53. The van der Waals surface area contributed by atoms with Crippen molar-refractivity contribution >= 4 is 24.8 Å². The maximum atomic E-state index is 11.0. The molecular weight excluding hydrogens is 215 g/mol. The van der Waals surface area contributed by atoms with Gasteiger partial charge in [-0.3, -0.25) is 0 Å². The van der Waals surface area contributed by atoms with E-state index in [1.165, 1.54) is 7.11 Å². The summed E-state index contributed by atoms with van der Waals surface area (Å²) >= 11 is 0. The molecule has 0 radical (unpaired) electrons. The van der Waals surface area contributed by atoms with Gasteiger partial charge in [0.05, 0.1) is 7.11 Å². The summed E-state index contributed by atoms with van der Waals surface area (Å²) in [4.78, 5) is 11.0. The predicted octanol–water partition coefficient (Wildman–Crippen LogP) is 1.46. The van der Waals surface area contributed by atoms with Crippen molar-refractivity contribution in [1.82, 2.24) is 0 Å². The first-order valence-electron chi connectivity index (χ1n) is 5.07. The molecule has 0 atom stereocenters. The molecule has 0 aliphatic carbocycles. The number of ether oxygens (including phenoxy) is 2. The second-order valence-corrected chi connectivity index (χ2v) is 4.48. The van der Waals surface area contributed by atoms with Crippen molar-refractivity contribution in [3.05, 3.63) is 23.3 Å². The molecule has 4 nitrogen and oxygen atoms in total. The van der Waals surface area contributed by atoms with E-state index in [1.54, 1.807) is 12.1 Å². The van der Waals surface area contributed by atoms with Gasteiger partial charge in [-0.1, -0.05) is 6.07 Å². The number of methoxy groups -OCH3 is 1. The van der Waals surface area contributed by atoms with E-state index in [9.17, 15) is 4.79 Å². The van der Waals surface area contributed by atoms with Gasteiger partial charge in [0.15, 0.2) is 11.5 Å². The summed E-state index contributed by atoms with van der Waals surface area (Å²) in [5.41, 5.74) is 0.832. The average Bonchev–Trinajstić information content (AvgIpc) is 2.49. The molecule has 0 fully saturated rings. The van der Waals surface area contributed by atoms with Crippen LogP contribution in [-0.4, -0.2) is 42.6 Å². The summed E-state index contributed by atoms with van der Waals surface area (Å²) in [6.07, 6.45) is 0.762. The average molecular weight is 230 g/mol. The van der Waals surface area contributed by atoms with Crippen LogP contribution in [0.4, 0.5) is 0 Å². The van der Waals surface area contributed by atoms with Crippen LogP contribution < -0.4 is 9.47 Å². The minimum absolute atomic E-state index is 0. The monoisotopic (exact) mass is 230 g/mol. The fraction of sp³-hybridized carbons (Fsp3) is 0.417. The molecule has 5 heteroatoms. The predicted molar refractivity (Wildman–Crippen MR) is 65.5 cm³/mol. The first-order valence-corrected chi connectivity index (χ1v) is 5.07. The van der Waals surface area contributed by atoms with E-state index < -0.39 is 5.97 Å². The summed E-state index contributed by atoms with van der Waals surface area (Å²) in [5, 5.41) is 9.02. The summed E-state index contributed by atoms with van der Waals surface area (Å²) < 4.78 is 10.9. The second kappa shape index (κ2) is 4.64. The molecule has 1 heterocycles. The Labute approximate surface area is 112 Å². The molecule has 1 aromatic carbocycles. The van der Waals surface area contributed by atoms with E-state index in [1.807, 2.05) is 13.8 Å². The van der Waals surface area contributed by atoms with Crippen LogP contribution in [0, 0.1) is 0 Å². The molecule has 0 aromatic heterocycles. The Hall–Kier alpha value is -1.11. The van der Waals surface area contributed by atoms with Gasteiger partial charge in [-0.2, -0.15) is 0 Å². The number of aromatic carboxylic acids is 1. The van der Waals surface area contributed by atoms with Gasteiger partial charge in [0.25, 0.3) is 0 Å². The number of carbonyl (C=O) groups is 1. The first kappa shape index (κ1) is 14.0. The molecule has 1 aromatic rings. The van der Waals surface area contributed by atoms with Crippen molar-refractivity contribution in [3.63, 3.8) is 0 Å². The maximum absolute atomic E-state index is 11.0. The van der Waals surface area contributed by atoms with Crippen LogP contribution in [-0.2, 0) is 6.42 Å². The molecule has 0 saturated heterocycles. The van der Waals surface area contributed by atoms with Crippen LogP contribution in [0.1, 0.15) is 29.8 Å². The number of benzene rings is 1. The van der Waals surface area contributed by atoms with Gasteiger partial charge in [-0.15, -0.1) is 0 Å². The Kier molecular flexibility index (Phi) is 3.80. The Morgan fingerprint density at radius 2 is 2.12 bits per heavy atom. The van der Waals surface area contributed by atoms with E-state index >= 15 is 0 Å². The van der Waals surface area contributed by atoms with E-state index in [0.717, 1.165) is 12.0 Å². The van der Waals surface area contributed by atoms with Crippen LogP contribution in [0.3, 0.4) is 0 Å². The second-order valence-electron chi connectivity index (χ2n) is 4.48. The van der Waals surface area contributed by atoms with Crippen LogP contribution in [0.5, 0.6) is 11.5 Å². The summed E-state index contributed by atoms with van der Waals surface area (Å²) in [7, 11) is 1.46. The van der Waals surface area contributed by atoms with Crippen molar-refractivity contribution in [2.75, 3.05) is 7.11 Å². The molecule has 0 spiro atoms. The summed E-state index contributed by atoms with van der Waals surface area (Å²) in [6.45, 7) is 3.93. The minimum atomic E-state index is -1.01. The Morgan fingerprint density at radius 3 is 2.65 bits per heavy atom. The van der Waals surface area contributed by atoms with Gasteiger partial charge >= 0.3 is 24.8 Å². The molecule has 17 heavy (non-hydrogen) atoms. The van der Waals surface area contributed by atoms with Crippen molar-refractivity contribution in [3.8, 4) is 11.5 Å². The fourth-order valence-electron chi connectivity index (χ4n) is 2.00. The Bertz CT molecular complexity index is 454. The van der Waals surface area contributed by atoms with E-state index in [4.69, 9.17) is 14.6 Å². The van der Waals surface area contributed by atoms with Gasteiger partial charge in [-0.05, 0) is 19.9 Å². The van der Waals surface area contributed by atoms with Crippen LogP contribution >= 0.6 is 0 Å². The number of hydrogen-bond acceptors (Lipinski definition) is 3. The number of fused-ring (bicyclic) bond motifs is 1. The van der Waals surface area contributed by atoms with Gasteiger partial charge < -0.3 is 14.6 Å². The van der Waals surface area contributed by atoms with Crippen molar-refractivity contribution in [2.24, 2.45) is 0 Å². The third-order valence-electron chi connectivity index (χ3n) is 2.62. The van der Waals surface area contributed by atoms with Gasteiger partial charge in [0.2, 0.25) is 0 Å². The summed E-state index contributed by atoms with van der Waals surface area (Å²) in [5.74, 6) is -0.129. The molecule has 88 valence electrons. The standard InChI is InChI=1S/C12H14O4.Li.H/c1-12(2)6-7-4-5-8(11(13)14)10(15-3)9(7)16-12;;/h4-5H,6H2,1-3H3,(H,13,14);;. The Morgan fingerprint density at radius 1 is 1.47 bits per heavy atom. The molecule has 0 unspecified atom stereocenters. The molecule has 2 rings (SSSR count). The normalized spacial score (nSPS) is 15.5. The van der Waals surface area contributed by atoms with Crippen molar-refractivity contribution in [2.45, 2.75) is 25.9 Å². The Balaban J connectivity index is 0.00000144. The molecule has 1 aliphatic rings. The fourth-order valence-corrected chi connectivity index (χ4v) is 2.00. The zero-order chi connectivity index (χ0) is 11.9. The van der Waals surface area contributed by atoms with Crippen LogP contribution in [0.2, 0.25) is 0 Å². The van der Waals surface area contributed by atoms with E-state index in [0.29, 0.717) is 11.5 Å². The van der Waals surface area contributed by atoms with E-state index in [-0.39, 0.29) is 30.0 Å². The molecule has 0 saturated carbocycles. The molecule has 1 aliphatic heterocycles. The molecular formula is C12H15LiO4. The van der Waals surface area contributed by atoms with Crippen molar-refractivity contribution in [1.29, 1.82) is 0 Å². The van der Waals surface area contributed by atoms with Gasteiger partial charge in [-0.25, -0.2) is 4.79 Å². The first-order chi connectivity index (χ1) is 7.44. The number of rotatable bonds is 2.